The summed E-state index contributed by atoms with van der Waals surface area (Å²) in [5.41, 5.74) is 0. The fourth-order valence-electron chi connectivity index (χ4n) is 0.482. The highest BCUT2D eigenvalue weighted by molar-refractivity contribution is 7.13. The van der Waals surface area contributed by atoms with Gasteiger partial charge >= 0.3 is 0 Å². The zero-order valence-corrected chi connectivity index (χ0v) is 6.87. The maximum Gasteiger partial charge on any atom is 0.182 e. The third-order valence-corrected chi connectivity index (χ3v) is 1.73. The molecule has 0 radical (unpaired) electrons. The monoisotopic (exact) mass is 174 g/mol. The Kier molecular flexibility index (Phi) is 2.71. The van der Waals surface area contributed by atoms with Crippen LogP contribution < -0.4 is 5.32 Å². The van der Waals surface area contributed by atoms with Gasteiger partial charge in [0.2, 0.25) is 0 Å². The second-order valence-corrected chi connectivity index (χ2v) is 3.14. The fraction of sp³-hybridized carbons (Fsp3) is 0.167. The zero-order chi connectivity index (χ0) is 7.40. The van der Waals surface area contributed by atoms with Crippen LogP contribution >= 0.6 is 22.9 Å². The first-order valence-corrected chi connectivity index (χ1v) is 4.01. The predicted molar refractivity (Wildman–Crippen MR) is 45.6 cm³/mol. The Bertz CT molecular complexity index is 208. The van der Waals surface area contributed by atoms with Crippen molar-refractivity contribution in [1.82, 2.24) is 4.98 Å². The number of nitrogens with zero attached hydrogens (tertiary/aromatic N) is 1. The van der Waals surface area contributed by atoms with E-state index in [1.54, 1.807) is 17.5 Å². The lowest BCUT2D eigenvalue weighted by molar-refractivity contribution is 1.27. The Morgan fingerprint density at radius 2 is 2.70 bits per heavy atom. The molecule has 0 bridgehead atoms. The Hall–Kier alpha value is -0.540. The first-order chi connectivity index (χ1) is 4.79. The molecule has 0 saturated heterocycles. The highest BCUT2D eigenvalue weighted by atomic mass is 35.5. The third-order valence-electron chi connectivity index (χ3n) is 0.864. The van der Waals surface area contributed by atoms with Gasteiger partial charge in [-0.1, -0.05) is 18.2 Å². The summed E-state index contributed by atoms with van der Waals surface area (Å²) in [7, 11) is 0. The summed E-state index contributed by atoms with van der Waals surface area (Å²) >= 11 is 7.06. The molecule has 10 heavy (non-hydrogen) atoms. The van der Waals surface area contributed by atoms with E-state index in [4.69, 9.17) is 11.6 Å². The summed E-state index contributed by atoms with van der Waals surface area (Å²) in [6.45, 7) is 4.11. The summed E-state index contributed by atoms with van der Waals surface area (Å²) < 4.78 is 0. The van der Waals surface area contributed by atoms with Crippen molar-refractivity contribution in [3.8, 4) is 0 Å². The Labute approximate surface area is 68.5 Å². The molecule has 0 saturated carbocycles. The molecule has 0 aliphatic heterocycles. The largest absolute Gasteiger partial charge is 0.357 e. The van der Waals surface area contributed by atoms with Gasteiger partial charge in [0.15, 0.2) is 5.13 Å². The van der Waals surface area contributed by atoms with Crippen LogP contribution in [0.5, 0.6) is 0 Å². The van der Waals surface area contributed by atoms with Gasteiger partial charge in [-0.25, -0.2) is 4.98 Å². The fourth-order valence-corrected chi connectivity index (χ4v) is 1.08. The number of nitrogens with one attached hydrogen (secondary N) is 1. The van der Waals surface area contributed by atoms with Crippen LogP contribution in [0, 0.1) is 0 Å². The van der Waals surface area contributed by atoms with Crippen molar-refractivity contribution < 1.29 is 0 Å². The first-order valence-electron chi connectivity index (χ1n) is 2.75. The van der Waals surface area contributed by atoms with Crippen molar-refractivity contribution >= 4 is 28.1 Å². The van der Waals surface area contributed by atoms with Crippen molar-refractivity contribution in [2.45, 2.75) is 0 Å². The van der Waals surface area contributed by atoms with Crippen LogP contribution in [0.4, 0.5) is 5.13 Å². The average molecular weight is 175 g/mol. The number of rotatable bonds is 3. The van der Waals surface area contributed by atoms with E-state index in [1.807, 2.05) is 5.38 Å². The highest BCUT2D eigenvalue weighted by Crippen LogP contribution is 2.10. The van der Waals surface area contributed by atoms with Gasteiger partial charge in [0.1, 0.15) is 0 Å². The van der Waals surface area contributed by atoms with E-state index in [-0.39, 0.29) is 0 Å². The molecule has 0 atom stereocenters. The Balaban J connectivity index is 2.35. The second kappa shape index (κ2) is 3.58. The van der Waals surface area contributed by atoms with Gasteiger partial charge in [0.05, 0.1) is 6.54 Å². The van der Waals surface area contributed by atoms with E-state index in [2.05, 4.69) is 16.9 Å². The van der Waals surface area contributed by atoms with E-state index >= 15 is 0 Å². The lowest BCUT2D eigenvalue weighted by atomic mass is 10.6. The molecule has 2 nitrogen and oxygen atoms in total. The molecule has 1 aromatic heterocycles. The lowest BCUT2D eigenvalue weighted by Gasteiger charge is -1.97. The van der Waals surface area contributed by atoms with E-state index < -0.39 is 0 Å². The van der Waals surface area contributed by atoms with Crippen LogP contribution in [-0.4, -0.2) is 11.5 Å². The minimum absolute atomic E-state index is 0.578. The third kappa shape index (κ3) is 2.37. The summed E-state index contributed by atoms with van der Waals surface area (Å²) in [5.74, 6) is 0. The molecule has 0 amide bonds. The molecule has 1 heterocycles. The van der Waals surface area contributed by atoms with E-state index in [0.29, 0.717) is 11.6 Å². The Morgan fingerprint density at radius 1 is 1.90 bits per heavy atom. The van der Waals surface area contributed by atoms with Gasteiger partial charge in [-0.15, -0.1) is 11.3 Å². The molecular formula is C6H7ClN2S. The second-order valence-electron chi connectivity index (χ2n) is 1.71. The molecule has 0 aliphatic rings. The topological polar surface area (TPSA) is 24.9 Å². The van der Waals surface area contributed by atoms with Gasteiger partial charge in [-0.2, -0.15) is 0 Å². The number of halogens is 1. The van der Waals surface area contributed by atoms with Gasteiger partial charge in [0, 0.05) is 16.6 Å². The molecule has 0 spiro atoms. The standard InChI is InChI=1S/C6H7ClN2S/c1-5(7)4-9-6-8-2-3-10-6/h2-3H,1,4H2,(H,8,9). The summed E-state index contributed by atoms with van der Waals surface area (Å²) in [4.78, 5) is 4.00. The number of hydrogen-bond donors (Lipinski definition) is 1. The van der Waals surface area contributed by atoms with Gasteiger partial charge in [-0.05, 0) is 0 Å². The van der Waals surface area contributed by atoms with Crippen LogP contribution in [0.15, 0.2) is 23.2 Å². The average Bonchev–Trinajstić information content (AvgIpc) is 2.34. The number of aromatic nitrogens is 1. The molecule has 0 aromatic carbocycles. The molecule has 0 fully saturated rings. The van der Waals surface area contributed by atoms with Crippen molar-refractivity contribution in [2.75, 3.05) is 11.9 Å². The lowest BCUT2D eigenvalue weighted by Crippen LogP contribution is -1.99. The minimum atomic E-state index is 0.578. The van der Waals surface area contributed by atoms with Gasteiger partial charge < -0.3 is 5.32 Å². The highest BCUT2D eigenvalue weighted by Gasteiger charge is 1.92. The van der Waals surface area contributed by atoms with E-state index in [1.165, 1.54) is 0 Å². The van der Waals surface area contributed by atoms with Crippen molar-refractivity contribution in [3.05, 3.63) is 23.2 Å². The van der Waals surface area contributed by atoms with Crippen LogP contribution in [0.2, 0.25) is 0 Å². The van der Waals surface area contributed by atoms with Crippen molar-refractivity contribution in [2.24, 2.45) is 0 Å². The van der Waals surface area contributed by atoms with E-state index in [0.717, 1.165) is 5.13 Å². The van der Waals surface area contributed by atoms with Crippen molar-refractivity contribution in [1.29, 1.82) is 0 Å². The summed E-state index contributed by atoms with van der Waals surface area (Å²) in [5, 5.41) is 6.37. The van der Waals surface area contributed by atoms with Crippen LogP contribution in [0.25, 0.3) is 0 Å². The molecule has 54 valence electrons. The van der Waals surface area contributed by atoms with Gasteiger partial charge in [-0.3, -0.25) is 0 Å². The number of hydrogen-bond acceptors (Lipinski definition) is 3. The number of anilines is 1. The molecule has 1 rings (SSSR count). The maximum atomic E-state index is 5.51. The van der Waals surface area contributed by atoms with Crippen molar-refractivity contribution in [3.63, 3.8) is 0 Å². The molecule has 1 aromatic rings. The smallest absolute Gasteiger partial charge is 0.182 e. The summed E-state index contributed by atoms with van der Waals surface area (Å²) in [6, 6.07) is 0. The normalized spacial score (nSPS) is 9.30. The molecular weight excluding hydrogens is 168 g/mol. The predicted octanol–water partition coefficient (Wildman–Crippen LogP) is 2.31. The molecule has 4 heteroatoms. The molecule has 0 aliphatic carbocycles. The SMILES string of the molecule is C=C(Cl)CNc1nccs1. The maximum absolute atomic E-state index is 5.51. The molecule has 1 N–H and O–H groups in total. The summed E-state index contributed by atoms with van der Waals surface area (Å²) in [6.07, 6.45) is 1.74. The minimum Gasteiger partial charge on any atom is -0.357 e. The molecule has 0 unspecified atom stereocenters. The van der Waals surface area contributed by atoms with Gasteiger partial charge in [0.25, 0.3) is 0 Å². The number of thiazole rings is 1. The quantitative estimate of drug-likeness (QED) is 0.761. The van der Waals surface area contributed by atoms with Crippen LogP contribution in [-0.2, 0) is 0 Å². The van der Waals surface area contributed by atoms with Crippen LogP contribution in [0.3, 0.4) is 0 Å². The van der Waals surface area contributed by atoms with Crippen LogP contribution in [0.1, 0.15) is 0 Å². The Morgan fingerprint density at radius 3 is 3.20 bits per heavy atom. The van der Waals surface area contributed by atoms with E-state index in [9.17, 15) is 0 Å². The first kappa shape index (κ1) is 7.57. The zero-order valence-electron chi connectivity index (χ0n) is 5.30.